The Kier molecular flexibility index (Phi) is 6.90. The molecule has 0 aliphatic heterocycles. The minimum absolute atomic E-state index is 0.0521. The number of carbonyl (C=O) groups is 1. The number of nitrogens with zero attached hydrogens (tertiary/aromatic N) is 3. The average molecular weight is 511 g/mol. The zero-order chi connectivity index (χ0) is 26.6. The van der Waals surface area contributed by atoms with Gasteiger partial charge < -0.3 is 11.1 Å². The van der Waals surface area contributed by atoms with Gasteiger partial charge in [-0.1, -0.05) is 42.5 Å². The first-order chi connectivity index (χ1) is 18.4. The molecule has 0 saturated carbocycles. The van der Waals surface area contributed by atoms with E-state index in [1.54, 1.807) is 41.3 Å². The number of aromatic nitrogens is 3. The largest absolute Gasteiger partial charge is 0.384 e. The van der Waals surface area contributed by atoms with Gasteiger partial charge in [0.05, 0.1) is 23.4 Å². The molecule has 0 bridgehead atoms. The van der Waals surface area contributed by atoms with Crippen LogP contribution in [0.15, 0.2) is 91.3 Å². The molecule has 0 aliphatic carbocycles. The summed E-state index contributed by atoms with van der Waals surface area (Å²) in [4.78, 5) is 17.8. The van der Waals surface area contributed by atoms with Gasteiger partial charge in [-0.15, -0.1) is 0 Å². The van der Waals surface area contributed by atoms with Crippen LogP contribution in [0.5, 0.6) is 0 Å². The van der Waals surface area contributed by atoms with E-state index in [0.717, 1.165) is 22.5 Å². The molecule has 5 rings (SSSR count). The number of amides is 1. The maximum absolute atomic E-state index is 14.0. The number of halogens is 2. The van der Waals surface area contributed by atoms with Gasteiger partial charge in [-0.2, -0.15) is 5.10 Å². The lowest BCUT2D eigenvalue weighted by Gasteiger charge is -2.22. The Morgan fingerprint density at radius 2 is 1.79 bits per heavy atom. The van der Waals surface area contributed by atoms with E-state index in [0.29, 0.717) is 22.4 Å². The van der Waals surface area contributed by atoms with Gasteiger partial charge in [0, 0.05) is 28.8 Å². The van der Waals surface area contributed by atoms with Crippen molar-refractivity contribution < 1.29 is 13.6 Å². The third-order valence-corrected chi connectivity index (χ3v) is 6.19. The van der Waals surface area contributed by atoms with E-state index in [1.807, 2.05) is 36.4 Å². The highest BCUT2D eigenvalue weighted by Gasteiger charge is 2.22. The Balaban J connectivity index is 1.51. The second-order valence-electron chi connectivity index (χ2n) is 8.89. The molecule has 9 heteroatoms. The monoisotopic (exact) mass is 510 g/mol. The van der Waals surface area contributed by atoms with E-state index in [-0.39, 0.29) is 24.7 Å². The number of rotatable bonds is 8. The van der Waals surface area contributed by atoms with Crippen LogP contribution in [-0.4, -0.2) is 26.5 Å². The summed E-state index contributed by atoms with van der Waals surface area (Å²) in [5, 5.41) is 16.0. The van der Waals surface area contributed by atoms with Gasteiger partial charge in [0.25, 0.3) is 0 Å². The fourth-order valence-corrected chi connectivity index (χ4v) is 4.50. The molecule has 0 radical (unpaired) electrons. The Morgan fingerprint density at radius 3 is 2.58 bits per heavy atom. The van der Waals surface area contributed by atoms with Crippen LogP contribution in [0, 0.1) is 17.0 Å². The number of nitrogens with one attached hydrogen (secondary N) is 2. The second-order valence-corrected chi connectivity index (χ2v) is 8.89. The van der Waals surface area contributed by atoms with Gasteiger partial charge in [0.1, 0.15) is 24.0 Å². The molecule has 3 aromatic carbocycles. The van der Waals surface area contributed by atoms with Crippen LogP contribution in [-0.2, 0) is 17.8 Å². The summed E-state index contributed by atoms with van der Waals surface area (Å²) in [6, 6.07) is 20.8. The molecule has 0 unspecified atom stereocenters. The molecule has 1 atom stereocenters. The number of nitrogen functional groups attached to an aromatic ring is 1. The lowest BCUT2D eigenvalue weighted by molar-refractivity contribution is -0.122. The van der Waals surface area contributed by atoms with Crippen molar-refractivity contribution in [3.63, 3.8) is 0 Å². The van der Waals surface area contributed by atoms with Crippen LogP contribution in [0.3, 0.4) is 0 Å². The summed E-state index contributed by atoms with van der Waals surface area (Å²) >= 11 is 0. The van der Waals surface area contributed by atoms with Crippen molar-refractivity contribution in [3.8, 4) is 11.1 Å². The summed E-state index contributed by atoms with van der Waals surface area (Å²) in [5.74, 6) is -1.83. The number of fused-ring (bicyclic) bond motifs is 1. The van der Waals surface area contributed by atoms with Gasteiger partial charge in [0.15, 0.2) is 0 Å². The smallest absolute Gasteiger partial charge is 0.242 e. The van der Waals surface area contributed by atoms with E-state index in [2.05, 4.69) is 15.4 Å². The first kappa shape index (κ1) is 24.8. The Morgan fingerprint density at radius 1 is 1.00 bits per heavy atom. The molecule has 0 aliphatic rings. The van der Waals surface area contributed by atoms with Crippen molar-refractivity contribution in [1.82, 2.24) is 20.1 Å². The SMILES string of the molecule is N=C(N)c1cccc(-c2cccnc2[C@H](Cc2cc(F)cc(F)c2)NC(=O)Cn2ncc3ccccc32)c1. The van der Waals surface area contributed by atoms with E-state index in [4.69, 9.17) is 11.1 Å². The van der Waals surface area contributed by atoms with Crippen molar-refractivity contribution in [2.75, 3.05) is 0 Å². The van der Waals surface area contributed by atoms with E-state index in [1.165, 1.54) is 12.1 Å². The highest BCUT2D eigenvalue weighted by molar-refractivity contribution is 5.96. The number of para-hydroxylation sites is 1. The molecule has 0 saturated heterocycles. The van der Waals surface area contributed by atoms with E-state index < -0.39 is 17.7 Å². The molecule has 38 heavy (non-hydrogen) atoms. The van der Waals surface area contributed by atoms with Gasteiger partial charge >= 0.3 is 0 Å². The van der Waals surface area contributed by atoms with Crippen LogP contribution >= 0.6 is 0 Å². The molecule has 7 nitrogen and oxygen atoms in total. The van der Waals surface area contributed by atoms with Gasteiger partial charge in [-0.05, 0) is 47.9 Å². The Hall–Kier alpha value is -4.92. The Bertz CT molecular complexity index is 1630. The predicted octanol–water partition coefficient (Wildman–Crippen LogP) is 4.76. The third kappa shape index (κ3) is 5.41. The highest BCUT2D eigenvalue weighted by Crippen LogP contribution is 2.30. The van der Waals surface area contributed by atoms with Crippen LogP contribution in [0.25, 0.3) is 22.0 Å². The lowest BCUT2D eigenvalue weighted by atomic mass is 9.94. The molecule has 4 N–H and O–H groups in total. The number of hydrogen-bond acceptors (Lipinski definition) is 4. The van der Waals surface area contributed by atoms with Gasteiger partial charge in [0.2, 0.25) is 5.91 Å². The normalized spacial score (nSPS) is 11.8. The Labute approximate surface area is 217 Å². The zero-order valence-corrected chi connectivity index (χ0v) is 20.2. The zero-order valence-electron chi connectivity index (χ0n) is 20.2. The van der Waals surface area contributed by atoms with E-state index in [9.17, 15) is 13.6 Å². The summed E-state index contributed by atoms with van der Waals surface area (Å²) in [5.41, 5.74) is 9.35. The first-order valence-electron chi connectivity index (χ1n) is 11.9. The fourth-order valence-electron chi connectivity index (χ4n) is 4.50. The molecular weight excluding hydrogens is 486 g/mol. The van der Waals surface area contributed by atoms with Gasteiger partial charge in [-0.3, -0.25) is 19.9 Å². The summed E-state index contributed by atoms with van der Waals surface area (Å²) in [6.45, 7) is -0.0521. The van der Waals surface area contributed by atoms with E-state index >= 15 is 0 Å². The minimum atomic E-state index is -0.720. The summed E-state index contributed by atoms with van der Waals surface area (Å²) < 4.78 is 29.6. The molecule has 5 aromatic rings. The molecule has 0 spiro atoms. The summed E-state index contributed by atoms with van der Waals surface area (Å²) in [7, 11) is 0. The number of nitrogens with two attached hydrogens (primary N) is 1. The minimum Gasteiger partial charge on any atom is -0.384 e. The van der Waals surface area contributed by atoms with Crippen LogP contribution < -0.4 is 11.1 Å². The topological polar surface area (TPSA) is 110 Å². The van der Waals surface area contributed by atoms with Crippen molar-refractivity contribution in [1.29, 1.82) is 5.41 Å². The molecule has 0 fully saturated rings. The number of hydrogen-bond donors (Lipinski definition) is 3. The number of pyridine rings is 1. The van der Waals surface area contributed by atoms with Crippen molar-refractivity contribution in [2.45, 2.75) is 19.0 Å². The van der Waals surface area contributed by atoms with Crippen molar-refractivity contribution in [2.24, 2.45) is 5.73 Å². The van der Waals surface area contributed by atoms with Crippen LogP contribution in [0.4, 0.5) is 8.78 Å². The first-order valence-corrected chi connectivity index (χ1v) is 11.9. The molecular formula is C29H24F2N6O. The van der Waals surface area contributed by atoms with Crippen LogP contribution in [0.2, 0.25) is 0 Å². The number of amidine groups is 1. The molecule has 2 heterocycles. The summed E-state index contributed by atoms with van der Waals surface area (Å²) in [6.07, 6.45) is 3.38. The fraction of sp³-hybridized carbons (Fsp3) is 0.103. The number of benzene rings is 3. The van der Waals surface area contributed by atoms with Crippen molar-refractivity contribution >= 4 is 22.6 Å². The maximum atomic E-state index is 14.0. The number of carbonyl (C=O) groups excluding carboxylic acids is 1. The maximum Gasteiger partial charge on any atom is 0.242 e. The molecule has 2 aromatic heterocycles. The predicted molar refractivity (Wildman–Crippen MR) is 141 cm³/mol. The second kappa shape index (κ2) is 10.6. The molecule has 190 valence electrons. The standard InChI is InChI=1S/C29H24F2N6O/c30-22-11-18(12-23(31)15-22)13-25(36-27(38)17-37-26-9-2-1-5-21(26)16-35-37)28-24(8-4-10-34-28)19-6-3-7-20(14-19)29(32)33/h1-12,14-16,25H,13,17H2,(H3,32,33)(H,36,38)/t25-/m0/s1. The highest BCUT2D eigenvalue weighted by atomic mass is 19.1. The van der Waals surface area contributed by atoms with Crippen LogP contribution in [0.1, 0.15) is 22.9 Å². The lowest BCUT2D eigenvalue weighted by Crippen LogP contribution is -2.33. The third-order valence-electron chi connectivity index (χ3n) is 6.19. The molecule has 1 amide bonds. The average Bonchev–Trinajstić information content (AvgIpc) is 3.30. The quantitative estimate of drug-likeness (QED) is 0.207. The van der Waals surface area contributed by atoms with Crippen molar-refractivity contribution in [3.05, 3.63) is 120 Å². The van der Waals surface area contributed by atoms with Gasteiger partial charge in [-0.25, -0.2) is 8.78 Å².